The Balaban J connectivity index is -0.00000000500. The Bertz CT molecular complexity index is 8.00. The Labute approximate surface area is 49.8 Å². The van der Waals surface area contributed by atoms with Gasteiger partial charge in [-0.15, -0.1) is 0 Å². The smallest absolute Gasteiger partial charge is 0.0785 e. The van der Waals surface area contributed by atoms with E-state index in [1.807, 2.05) is 0 Å². The van der Waals surface area contributed by atoms with Crippen LogP contribution in [-0.2, 0) is 32.7 Å². The molecule has 4 heavy (non-hydrogen) atoms. The van der Waals surface area contributed by atoms with E-state index >= 15 is 0 Å². The molecule has 1 radical (unpaired) electrons. The molecule has 0 atom stereocenters. The van der Waals surface area contributed by atoms with E-state index in [4.69, 9.17) is 0 Å². The summed E-state index contributed by atoms with van der Waals surface area (Å²) in [7, 11) is 0.500. The minimum Gasteiger partial charge on any atom is -0.412 e. The predicted molar refractivity (Wildman–Crippen MR) is 10.6 cm³/mol. The Morgan fingerprint density at radius 2 is 1.25 bits per heavy atom. The number of hydrogen-bond donors (Lipinski definition) is 0. The summed E-state index contributed by atoms with van der Waals surface area (Å²) in [6.45, 7) is 0. The van der Waals surface area contributed by atoms with Gasteiger partial charge in [0.15, 0.2) is 0 Å². The molecule has 0 aromatic rings. The SMILES string of the molecule is CF.O.[Y]. The van der Waals surface area contributed by atoms with E-state index in [9.17, 15) is 4.39 Å². The average molecular weight is 141 g/mol. The van der Waals surface area contributed by atoms with Gasteiger partial charge in [-0.3, -0.25) is 4.39 Å². The summed E-state index contributed by atoms with van der Waals surface area (Å²) in [5, 5.41) is 0. The maximum absolute atomic E-state index is 9.50. The first kappa shape index (κ1) is 20.0. The monoisotopic (exact) mass is 141 g/mol. The van der Waals surface area contributed by atoms with Crippen LogP contribution in [0.3, 0.4) is 0 Å². The molecular weight excluding hydrogens is 136 g/mol. The van der Waals surface area contributed by atoms with E-state index in [2.05, 4.69) is 0 Å². The molecule has 0 rings (SSSR count). The van der Waals surface area contributed by atoms with Gasteiger partial charge >= 0.3 is 0 Å². The van der Waals surface area contributed by atoms with Crippen molar-refractivity contribution < 1.29 is 42.6 Å². The molecule has 25 valence electrons. The van der Waals surface area contributed by atoms with Crippen LogP contribution in [0.1, 0.15) is 0 Å². The molecule has 1 nitrogen and oxygen atoms in total. The Morgan fingerprint density at radius 3 is 1.25 bits per heavy atom. The second-order valence-corrected chi connectivity index (χ2v) is 0. The van der Waals surface area contributed by atoms with Crippen molar-refractivity contribution in [2.75, 3.05) is 7.18 Å². The molecule has 0 aliphatic heterocycles. The first-order valence-corrected chi connectivity index (χ1v) is 0.378. The van der Waals surface area contributed by atoms with Crippen molar-refractivity contribution in [2.45, 2.75) is 0 Å². The van der Waals surface area contributed by atoms with Gasteiger partial charge in [-0.2, -0.15) is 0 Å². The molecule has 0 saturated heterocycles. The van der Waals surface area contributed by atoms with Crippen LogP contribution in [0.5, 0.6) is 0 Å². The zero-order valence-electron chi connectivity index (χ0n) is 2.46. The van der Waals surface area contributed by atoms with Gasteiger partial charge in [0.2, 0.25) is 0 Å². The van der Waals surface area contributed by atoms with Crippen LogP contribution in [-0.4, -0.2) is 12.7 Å². The van der Waals surface area contributed by atoms with Gasteiger partial charge in [-0.1, -0.05) is 0 Å². The van der Waals surface area contributed by atoms with Crippen LogP contribution in [0, 0.1) is 0 Å². The van der Waals surface area contributed by atoms with Crippen LogP contribution >= 0.6 is 0 Å². The number of alkyl halides is 1. The molecule has 0 fully saturated rings. The fourth-order valence-electron chi connectivity index (χ4n) is 0. The molecule has 3 heteroatoms. The van der Waals surface area contributed by atoms with Crippen molar-refractivity contribution in [3.63, 3.8) is 0 Å². The molecule has 0 unspecified atom stereocenters. The maximum Gasteiger partial charge on any atom is 0.0785 e. The van der Waals surface area contributed by atoms with Gasteiger partial charge in [-0.25, -0.2) is 0 Å². The standard InChI is InChI=1S/CH3F.H2O.Y/c1-2;;/h1H3;1H2;. The second-order valence-electron chi connectivity index (χ2n) is 0. The third-order valence-corrected chi connectivity index (χ3v) is 0. The minimum absolute atomic E-state index is 0. The first-order valence-electron chi connectivity index (χ1n) is 0.378. The van der Waals surface area contributed by atoms with Gasteiger partial charge in [-0.05, 0) is 0 Å². The Kier molecular flexibility index (Phi) is 182. The largest absolute Gasteiger partial charge is 0.412 e. The third-order valence-electron chi connectivity index (χ3n) is 0. The zero-order valence-corrected chi connectivity index (χ0v) is 5.29. The van der Waals surface area contributed by atoms with Crippen LogP contribution in [0.15, 0.2) is 0 Å². The summed E-state index contributed by atoms with van der Waals surface area (Å²) in [4.78, 5) is 0. The van der Waals surface area contributed by atoms with E-state index in [0.717, 1.165) is 0 Å². The van der Waals surface area contributed by atoms with Gasteiger partial charge in [0, 0.05) is 32.7 Å². The summed E-state index contributed by atoms with van der Waals surface area (Å²) in [5.74, 6) is 0. The average Bonchev–Trinajstić information content (AvgIpc) is 1.00. The second kappa shape index (κ2) is 36.2. The van der Waals surface area contributed by atoms with Crippen molar-refractivity contribution >= 4 is 0 Å². The van der Waals surface area contributed by atoms with Gasteiger partial charge in [0.25, 0.3) is 0 Å². The number of halogens is 1. The van der Waals surface area contributed by atoms with Crippen LogP contribution in [0.4, 0.5) is 4.39 Å². The molecule has 0 spiro atoms. The summed E-state index contributed by atoms with van der Waals surface area (Å²) in [6, 6.07) is 0. The number of rotatable bonds is 0. The molecule has 0 aromatic heterocycles. The summed E-state index contributed by atoms with van der Waals surface area (Å²) in [6.07, 6.45) is 0. The molecule has 0 bridgehead atoms. The molecule has 0 aromatic carbocycles. The van der Waals surface area contributed by atoms with Crippen molar-refractivity contribution in [1.82, 2.24) is 0 Å². The predicted octanol–water partition coefficient (Wildman–Crippen LogP) is -0.241. The Hall–Kier alpha value is 0.994. The van der Waals surface area contributed by atoms with Crippen LogP contribution < -0.4 is 0 Å². The van der Waals surface area contributed by atoms with E-state index in [-0.39, 0.29) is 38.2 Å². The molecular formula is CH5FOY. The molecule has 0 aliphatic carbocycles. The van der Waals surface area contributed by atoms with Crippen molar-refractivity contribution in [2.24, 2.45) is 0 Å². The summed E-state index contributed by atoms with van der Waals surface area (Å²) in [5.41, 5.74) is 0. The molecule has 0 saturated carbocycles. The normalized spacial score (nSPS) is 1.50. The van der Waals surface area contributed by atoms with Gasteiger partial charge < -0.3 is 5.48 Å². The quantitative estimate of drug-likeness (QED) is 0.445. The fourth-order valence-corrected chi connectivity index (χ4v) is 0. The minimum atomic E-state index is 0. The maximum atomic E-state index is 9.50. The number of hydrogen-bond acceptors (Lipinski definition) is 0. The van der Waals surface area contributed by atoms with E-state index < -0.39 is 0 Å². The third kappa shape index (κ3) is 12.0. The fraction of sp³-hybridized carbons (Fsp3) is 1.00. The first-order chi connectivity index (χ1) is 1.00. The van der Waals surface area contributed by atoms with E-state index in [0.29, 0.717) is 7.18 Å². The van der Waals surface area contributed by atoms with Crippen LogP contribution in [0.2, 0.25) is 0 Å². The van der Waals surface area contributed by atoms with Gasteiger partial charge in [0.1, 0.15) is 0 Å². The van der Waals surface area contributed by atoms with E-state index in [1.54, 1.807) is 0 Å². The zero-order chi connectivity index (χ0) is 2.00. The molecule has 0 aliphatic rings. The van der Waals surface area contributed by atoms with E-state index in [1.165, 1.54) is 0 Å². The topological polar surface area (TPSA) is 31.5 Å². The van der Waals surface area contributed by atoms with Crippen molar-refractivity contribution in [1.29, 1.82) is 0 Å². The molecule has 0 heterocycles. The van der Waals surface area contributed by atoms with Gasteiger partial charge in [0.05, 0.1) is 7.18 Å². The van der Waals surface area contributed by atoms with Crippen molar-refractivity contribution in [3.8, 4) is 0 Å². The molecule has 2 N–H and O–H groups in total. The van der Waals surface area contributed by atoms with Crippen LogP contribution in [0.25, 0.3) is 0 Å². The Morgan fingerprint density at radius 1 is 1.25 bits per heavy atom. The summed E-state index contributed by atoms with van der Waals surface area (Å²) < 4.78 is 9.50. The summed E-state index contributed by atoms with van der Waals surface area (Å²) >= 11 is 0. The molecule has 0 amide bonds. The van der Waals surface area contributed by atoms with Crippen molar-refractivity contribution in [3.05, 3.63) is 0 Å².